The first-order chi connectivity index (χ1) is 13.0. The lowest BCUT2D eigenvalue weighted by molar-refractivity contribution is -0.130. The number of methoxy groups -OCH3 is 1. The van der Waals surface area contributed by atoms with Crippen LogP contribution in [0.2, 0.25) is 0 Å². The number of benzene rings is 2. The molecule has 2 aromatic rings. The highest BCUT2D eigenvalue weighted by atomic mass is 16.5. The second kappa shape index (κ2) is 6.80. The van der Waals surface area contributed by atoms with E-state index in [0.29, 0.717) is 11.3 Å². The Kier molecular flexibility index (Phi) is 4.91. The van der Waals surface area contributed by atoms with Crippen LogP contribution in [0.5, 0.6) is 5.75 Å². The van der Waals surface area contributed by atoms with Crippen LogP contribution < -0.4 is 4.74 Å². The number of fused-ring (bicyclic) bond motifs is 1. The van der Waals surface area contributed by atoms with Crippen LogP contribution in [0.15, 0.2) is 36.9 Å². The van der Waals surface area contributed by atoms with Crippen LogP contribution in [0.25, 0.3) is 16.7 Å². The number of carboxylic acid groups (broad SMARTS) is 1. The molecule has 0 fully saturated rings. The maximum absolute atomic E-state index is 11.5. The monoisotopic (exact) mass is 378 g/mol. The molecule has 0 bridgehead atoms. The van der Waals surface area contributed by atoms with Gasteiger partial charge < -0.3 is 9.84 Å². The van der Waals surface area contributed by atoms with E-state index < -0.39 is 5.97 Å². The molecule has 2 aromatic carbocycles. The molecule has 3 nitrogen and oxygen atoms in total. The van der Waals surface area contributed by atoms with Crippen molar-refractivity contribution in [3.8, 4) is 16.9 Å². The molecule has 0 heterocycles. The van der Waals surface area contributed by atoms with Crippen LogP contribution in [0.3, 0.4) is 0 Å². The first-order valence-electron chi connectivity index (χ1n) is 9.75. The summed E-state index contributed by atoms with van der Waals surface area (Å²) in [4.78, 5) is 11.5. The zero-order valence-corrected chi connectivity index (χ0v) is 17.8. The lowest BCUT2D eigenvalue weighted by atomic mass is 9.62. The molecule has 0 unspecified atom stereocenters. The Hall–Kier alpha value is -2.55. The predicted molar refractivity (Wildman–Crippen MR) is 115 cm³/mol. The largest absolute Gasteiger partial charge is 0.495 e. The molecule has 0 saturated carbocycles. The molecule has 0 saturated heterocycles. The third-order valence-corrected chi connectivity index (χ3v) is 6.29. The fourth-order valence-corrected chi connectivity index (χ4v) is 4.33. The Morgan fingerprint density at radius 3 is 2.14 bits per heavy atom. The number of carbonyl (C=O) groups is 1. The van der Waals surface area contributed by atoms with Crippen molar-refractivity contribution in [2.24, 2.45) is 0 Å². The molecule has 3 heteroatoms. The van der Waals surface area contributed by atoms with Crippen molar-refractivity contribution in [2.75, 3.05) is 7.11 Å². The van der Waals surface area contributed by atoms with Gasteiger partial charge in [0.25, 0.3) is 0 Å². The fourth-order valence-electron chi connectivity index (χ4n) is 4.33. The van der Waals surface area contributed by atoms with E-state index in [1.54, 1.807) is 13.2 Å². The first kappa shape index (κ1) is 20.2. The molecule has 0 aromatic heterocycles. The molecule has 1 aliphatic rings. The minimum Gasteiger partial charge on any atom is -0.495 e. The van der Waals surface area contributed by atoms with Gasteiger partial charge in [0.15, 0.2) is 0 Å². The number of aryl methyl sites for hydroxylation is 1. The van der Waals surface area contributed by atoms with Gasteiger partial charge in [-0.1, -0.05) is 58.5 Å². The summed E-state index contributed by atoms with van der Waals surface area (Å²) in [6.45, 7) is 15.1. The molecule has 148 valence electrons. The Balaban J connectivity index is 2.28. The smallest absolute Gasteiger partial charge is 0.335 e. The van der Waals surface area contributed by atoms with Crippen molar-refractivity contribution in [1.82, 2.24) is 0 Å². The number of para-hydroxylation sites is 1. The van der Waals surface area contributed by atoms with Gasteiger partial charge in [0, 0.05) is 11.1 Å². The average molecular weight is 379 g/mol. The summed E-state index contributed by atoms with van der Waals surface area (Å²) in [7, 11) is 1.58. The van der Waals surface area contributed by atoms with Crippen LogP contribution >= 0.6 is 0 Å². The maximum atomic E-state index is 11.5. The standard InChI is InChI=1S/C25H30O3/c1-15-13-20-21(25(5,6)12-11-24(20,3)4)14-19(15)18-10-8-9-17(22(18)28-7)16(2)23(26)27/h8-10,13-14H,2,11-12H2,1,3-7H3,(H,26,27). The Labute approximate surface area is 168 Å². The highest BCUT2D eigenvalue weighted by Crippen LogP contribution is 2.48. The zero-order valence-electron chi connectivity index (χ0n) is 17.8. The average Bonchev–Trinajstić information content (AvgIpc) is 2.64. The van der Waals surface area contributed by atoms with Crippen LogP contribution in [0.1, 0.15) is 62.8 Å². The van der Waals surface area contributed by atoms with Crippen LogP contribution in [-0.4, -0.2) is 18.2 Å². The molecule has 1 N–H and O–H groups in total. The summed E-state index contributed by atoms with van der Waals surface area (Å²) < 4.78 is 5.67. The SMILES string of the molecule is C=C(C(=O)O)c1cccc(-c2cc3c(cc2C)C(C)(C)CCC3(C)C)c1OC. The van der Waals surface area contributed by atoms with E-state index >= 15 is 0 Å². The molecular weight excluding hydrogens is 348 g/mol. The molecule has 0 atom stereocenters. The molecular formula is C25H30O3. The molecule has 0 radical (unpaired) electrons. The van der Waals surface area contributed by atoms with Gasteiger partial charge in [-0.05, 0) is 58.9 Å². The van der Waals surface area contributed by atoms with E-state index in [2.05, 4.69) is 53.3 Å². The molecule has 28 heavy (non-hydrogen) atoms. The molecule has 1 aliphatic carbocycles. The van der Waals surface area contributed by atoms with Gasteiger partial charge in [-0.15, -0.1) is 0 Å². The highest BCUT2D eigenvalue weighted by Gasteiger charge is 2.37. The molecule has 0 amide bonds. The highest BCUT2D eigenvalue weighted by molar-refractivity contribution is 6.15. The number of ether oxygens (including phenoxy) is 1. The van der Waals surface area contributed by atoms with Crippen molar-refractivity contribution >= 4 is 11.5 Å². The van der Waals surface area contributed by atoms with Crippen molar-refractivity contribution in [3.63, 3.8) is 0 Å². The van der Waals surface area contributed by atoms with Gasteiger partial charge >= 0.3 is 5.97 Å². The van der Waals surface area contributed by atoms with E-state index in [1.807, 2.05) is 12.1 Å². The lowest BCUT2D eigenvalue weighted by Crippen LogP contribution is -2.34. The third-order valence-electron chi connectivity index (χ3n) is 6.29. The van der Waals surface area contributed by atoms with E-state index in [4.69, 9.17) is 4.74 Å². The van der Waals surface area contributed by atoms with Gasteiger partial charge in [0.2, 0.25) is 0 Å². The summed E-state index contributed by atoms with van der Waals surface area (Å²) in [5.41, 5.74) is 6.74. The molecule has 0 aliphatic heterocycles. The maximum Gasteiger partial charge on any atom is 0.335 e. The minimum atomic E-state index is -1.04. The Morgan fingerprint density at radius 1 is 1.04 bits per heavy atom. The van der Waals surface area contributed by atoms with E-state index in [-0.39, 0.29) is 16.4 Å². The predicted octanol–water partition coefficient (Wildman–Crippen LogP) is 6.12. The van der Waals surface area contributed by atoms with Crippen molar-refractivity contribution in [1.29, 1.82) is 0 Å². The second-order valence-corrected chi connectivity index (χ2v) is 9.15. The molecule has 0 spiro atoms. The Bertz CT molecular complexity index is 964. The third kappa shape index (κ3) is 3.23. The van der Waals surface area contributed by atoms with Crippen LogP contribution in [-0.2, 0) is 15.6 Å². The van der Waals surface area contributed by atoms with Crippen LogP contribution in [0, 0.1) is 6.92 Å². The summed E-state index contributed by atoms with van der Waals surface area (Å²) in [6, 6.07) is 10.2. The van der Waals surface area contributed by atoms with E-state index in [9.17, 15) is 9.90 Å². The fraction of sp³-hybridized carbons (Fsp3) is 0.400. The Morgan fingerprint density at radius 2 is 1.61 bits per heavy atom. The number of rotatable bonds is 4. The number of hydrogen-bond donors (Lipinski definition) is 1. The van der Waals surface area contributed by atoms with Crippen molar-refractivity contribution in [3.05, 3.63) is 59.2 Å². The number of hydrogen-bond acceptors (Lipinski definition) is 2. The van der Waals surface area contributed by atoms with Crippen LogP contribution in [0.4, 0.5) is 0 Å². The minimum absolute atomic E-state index is 0.0378. The summed E-state index contributed by atoms with van der Waals surface area (Å²) in [5, 5.41) is 9.40. The first-order valence-corrected chi connectivity index (χ1v) is 9.75. The van der Waals surface area contributed by atoms with E-state index in [1.165, 1.54) is 23.1 Å². The lowest BCUT2D eigenvalue weighted by Gasteiger charge is -2.42. The van der Waals surface area contributed by atoms with Crippen molar-refractivity contribution in [2.45, 2.75) is 58.3 Å². The van der Waals surface area contributed by atoms with Gasteiger partial charge in [0.1, 0.15) is 5.75 Å². The summed E-state index contributed by atoms with van der Waals surface area (Å²) in [5.74, 6) is -0.480. The van der Waals surface area contributed by atoms with Gasteiger partial charge in [0.05, 0.1) is 12.7 Å². The summed E-state index contributed by atoms with van der Waals surface area (Å²) in [6.07, 6.45) is 2.31. The van der Waals surface area contributed by atoms with Gasteiger partial charge in [-0.3, -0.25) is 0 Å². The van der Waals surface area contributed by atoms with Crippen molar-refractivity contribution < 1.29 is 14.6 Å². The number of aliphatic carboxylic acids is 1. The molecule has 3 rings (SSSR count). The quantitative estimate of drug-likeness (QED) is 0.652. The second-order valence-electron chi connectivity index (χ2n) is 9.15. The summed E-state index contributed by atoms with van der Waals surface area (Å²) >= 11 is 0. The normalized spacial score (nSPS) is 16.9. The topological polar surface area (TPSA) is 46.5 Å². The van der Waals surface area contributed by atoms with E-state index in [0.717, 1.165) is 17.5 Å². The van der Waals surface area contributed by atoms with Gasteiger partial charge in [-0.25, -0.2) is 4.79 Å². The van der Waals surface area contributed by atoms with Gasteiger partial charge in [-0.2, -0.15) is 0 Å². The number of carboxylic acids is 1. The zero-order chi connectivity index (χ0) is 20.9.